The molecule has 0 amide bonds. The Bertz CT molecular complexity index is 144. The highest BCUT2D eigenvalue weighted by Gasteiger charge is 2.25. The molecule has 0 spiro atoms. The fraction of sp³-hybridized carbons (Fsp3) is 1.00. The average molecular weight is 293 g/mol. The van der Waals surface area contributed by atoms with Gasteiger partial charge in [-0.2, -0.15) is 0 Å². The van der Waals surface area contributed by atoms with E-state index >= 15 is 0 Å². The summed E-state index contributed by atoms with van der Waals surface area (Å²) in [5.41, 5.74) is 0.474. The van der Waals surface area contributed by atoms with Crippen LogP contribution in [0.25, 0.3) is 0 Å². The number of ether oxygens (including phenoxy) is 1. The highest BCUT2D eigenvalue weighted by molar-refractivity contribution is 9.09. The van der Waals surface area contributed by atoms with Crippen LogP contribution in [0.4, 0.5) is 0 Å². The second-order valence-electron chi connectivity index (χ2n) is 4.81. The van der Waals surface area contributed by atoms with E-state index < -0.39 is 0 Å². The fourth-order valence-electron chi connectivity index (χ4n) is 1.90. The largest absolute Gasteiger partial charge is 0.381 e. The van der Waals surface area contributed by atoms with E-state index in [9.17, 15) is 0 Å². The molecule has 0 aromatic carbocycles. The molecule has 0 fully saturated rings. The van der Waals surface area contributed by atoms with Crippen LogP contribution in [0.2, 0.25) is 0 Å². The van der Waals surface area contributed by atoms with Gasteiger partial charge in [0.2, 0.25) is 0 Å². The monoisotopic (exact) mass is 292 g/mol. The van der Waals surface area contributed by atoms with Crippen molar-refractivity contribution >= 4 is 15.9 Å². The highest BCUT2D eigenvalue weighted by atomic mass is 79.9. The predicted octanol–water partition coefficient (Wildman–Crippen LogP) is 5.17. The van der Waals surface area contributed by atoms with Gasteiger partial charge >= 0.3 is 0 Å². The first kappa shape index (κ1) is 16.4. The lowest BCUT2D eigenvalue weighted by atomic mass is 9.79. The fourth-order valence-corrected chi connectivity index (χ4v) is 2.85. The lowest BCUT2D eigenvalue weighted by Crippen LogP contribution is -2.24. The van der Waals surface area contributed by atoms with Gasteiger partial charge in [-0.1, -0.05) is 56.0 Å². The molecule has 0 saturated carbocycles. The Kier molecular flexibility index (Phi) is 10.9. The van der Waals surface area contributed by atoms with Crippen LogP contribution in [-0.4, -0.2) is 18.5 Å². The summed E-state index contributed by atoms with van der Waals surface area (Å²) >= 11 is 3.69. The van der Waals surface area contributed by atoms with Crippen LogP contribution in [0.1, 0.15) is 65.7 Å². The molecule has 0 saturated heterocycles. The summed E-state index contributed by atoms with van der Waals surface area (Å²) in [6.45, 7) is 8.66. The Morgan fingerprint density at radius 3 is 2.12 bits per heavy atom. The van der Waals surface area contributed by atoms with Gasteiger partial charge in [0.25, 0.3) is 0 Å². The summed E-state index contributed by atoms with van der Waals surface area (Å²) in [6.07, 6.45) is 8.87. The van der Waals surface area contributed by atoms with Crippen LogP contribution in [-0.2, 0) is 4.74 Å². The molecule has 0 heterocycles. The SMILES string of the molecule is CCCCOCCC(CC)(CBr)CCCC. The van der Waals surface area contributed by atoms with Crippen LogP contribution < -0.4 is 0 Å². The minimum atomic E-state index is 0.474. The van der Waals surface area contributed by atoms with Crippen molar-refractivity contribution in [3.05, 3.63) is 0 Å². The number of hydrogen-bond acceptors (Lipinski definition) is 1. The highest BCUT2D eigenvalue weighted by Crippen LogP contribution is 2.34. The molecule has 1 unspecified atom stereocenters. The molecular weight excluding hydrogens is 264 g/mol. The number of unbranched alkanes of at least 4 members (excludes halogenated alkanes) is 2. The van der Waals surface area contributed by atoms with E-state index in [2.05, 4.69) is 36.7 Å². The van der Waals surface area contributed by atoms with Gasteiger partial charge in [-0.05, 0) is 31.1 Å². The van der Waals surface area contributed by atoms with Gasteiger partial charge in [-0.15, -0.1) is 0 Å². The Hall–Kier alpha value is 0.440. The Labute approximate surface area is 110 Å². The molecule has 0 aliphatic rings. The van der Waals surface area contributed by atoms with Crippen molar-refractivity contribution in [1.82, 2.24) is 0 Å². The summed E-state index contributed by atoms with van der Waals surface area (Å²) in [5, 5.41) is 1.12. The molecule has 2 heteroatoms. The van der Waals surface area contributed by atoms with Gasteiger partial charge in [-0.3, -0.25) is 0 Å². The minimum absolute atomic E-state index is 0.474. The lowest BCUT2D eigenvalue weighted by Gasteiger charge is -2.30. The second kappa shape index (κ2) is 10.6. The maximum atomic E-state index is 5.69. The average Bonchev–Trinajstić information content (AvgIpc) is 2.33. The molecule has 0 aliphatic heterocycles. The molecule has 0 aromatic heterocycles. The first-order valence-corrected chi connectivity index (χ1v) is 8.00. The van der Waals surface area contributed by atoms with Crippen LogP contribution in [0.15, 0.2) is 0 Å². The van der Waals surface area contributed by atoms with Crippen molar-refractivity contribution in [3.63, 3.8) is 0 Å². The topological polar surface area (TPSA) is 9.23 Å². The zero-order chi connectivity index (χ0) is 12.3. The van der Waals surface area contributed by atoms with Crippen molar-refractivity contribution < 1.29 is 4.74 Å². The zero-order valence-electron chi connectivity index (χ0n) is 11.4. The summed E-state index contributed by atoms with van der Waals surface area (Å²) in [7, 11) is 0. The Morgan fingerprint density at radius 1 is 0.938 bits per heavy atom. The van der Waals surface area contributed by atoms with E-state index in [1.54, 1.807) is 0 Å². The van der Waals surface area contributed by atoms with E-state index in [4.69, 9.17) is 4.74 Å². The number of halogens is 1. The van der Waals surface area contributed by atoms with E-state index in [0.717, 1.165) is 18.5 Å². The third kappa shape index (κ3) is 6.90. The Balaban J connectivity index is 3.82. The molecule has 0 aromatic rings. The molecule has 1 nitrogen and oxygen atoms in total. The molecule has 98 valence electrons. The number of rotatable bonds is 11. The van der Waals surface area contributed by atoms with E-state index in [1.807, 2.05) is 0 Å². The summed E-state index contributed by atoms with van der Waals surface area (Å²) in [6, 6.07) is 0. The quantitative estimate of drug-likeness (QED) is 0.377. The van der Waals surface area contributed by atoms with Gasteiger partial charge in [-0.25, -0.2) is 0 Å². The third-order valence-electron chi connectivity index (χ3n) is 3.51. The standard InChI is InChI=1S/C14H29BrO/c1-4-7-9-14(6-3,13-15)10-12-16-11-8-5-2/h4-13H2,1-3H3. The molecular formula is C14H29BrO. The van der Waals surface area contributed by atoms with Crippen LogP contribution in [0.3, 0.4) is 0 Å². The van der Waals surface area contributed by atoms with E-state index in [0.29, 0.717) is 5.41 Å². The molecule has 0 radical (unpaired) electrons. The van der Waals surface area contributed by atoms with Crippen molar-refractivity contribution in [2.75, 3.05) is 18.5 Å². The second-order valence-corrected chi connectivity index (χ2v) is 5.37. The zero-order valence-corrected chi connectivity index (χ0v) is 12.9. The van der Waals surface area contributed by atoms with Crippen molar-refractivity contribution in [1.29, 1.82) is 0 Å². The van der Waals surface area contributed by atoms with E-state index in [1.165, 1.54) is 44.9 Å². The molecule has 1 atom stereocenters. The molecule has 16 heavy (non-hydrogen) atoms. The normalized spacial score (nSPS) is 15.0. The van der Waals surface area contributed by atoms with Gasteiger partial charge in [0.15, 0.2) is 0 Å². The minimum Gasteiger partial charge on any atom is -0.381 e. The lowest BCUT2D eigenvalue weighted by molar-refractivity contribution is 0.0929. The van der Waals surface area contributed by atoms with Gasteiger partial charge in [0, 0.05) is 18.5 Å². The van der Waals surface area contributed by atoms with Crippen molar-refractivity contribution in [3.8, 4) is 0 Å². The van der Waals surface area contributed by atoms with Crippen molar-refractivity contribution in [2.24, 2.45) is 5.41 Å². The number of alkyl halides is 1. The summed E-state index contributed by atoms with van der Waals surface area (Å²) < 4.78 is 5.69. The molecule has 0 rings (SSSR count). The Morgan fingerprint density at radius 2 is 1.62 bits per heavy atom. The smallest absolute Gasteiger partial charge is 0.0471 e. The molecule has 0 bridgehead atoms. The molecule has 0 aliphatic carbocycles. The summed E-state index contributed by atoms with van der Waals surface area (Å²) in [5.74, 6) is 0. The first-order chi connectivity index (χ1) is 7.74. The predicted molar refractivity (Wildman–Crippen MR) is 76.4 cm³/mol. The summed E-state index contributed by atoms with van der Waals surface area (Å²) in [4.78, 5) is 0. The van der Waals surface area contributed by atoms with Crippen molar-refractivity contribution in [2.45, 2.75) is 65.7 Å². The maximum Gasteiger partial charge on any atom is 0.0471 e. The number of hydrogen-bond donors (Lipinski definition) is 0. The van der Waals surface area contributed by atoms with Gasteiger partial charge < -0.3 is 4.74 Å². The third-order valence-corrected chi connectivity index (χ3v) is 4.70. The van der Waals surface area contributed by atoms with Gasteiger partial charge in [0.05, 0.1) is 0 Å². The van der Waals surface area contributed by atoms with Gasteiger partial charge in [0.1, 0.15) is 0 Å². The van der Waals surface area contributed by atoms with E-state index in [-0.39, 0.29) is 0 Å². The van der Waals surface area contributed by atoms with Crippen LogP contribution >= 0.6 is 15.9 Å². The maximum absolute atomic E-state index is 5.69. The van der Waals surface area contributed by atoms with Crippen LogP contribution in [0.5, 0.6) is 0 Å². The first-order valence-electron chi connectivity index (χ1n) is 6.88. The van der Waals surface area contributed by atoms with Crippen LogP contribution in [0, 0.1) is 5.41 Å². The molecule has 0 N–H and O–H groups in total.